The summed E-state index contributed by atoms with van der Waals surface area (Å²) >= 11 is 3.43. The normalized spacial score (nSPS) is 10.3. The first-order valence-corrected chi connectivity index (χ1v) is 6.90. The van der Waals surface area contributed by atoms with Gasteiger partial charge in [-0.3, -0.25) is 0 Å². The molecule has 0 aliphatic heterocycles. The van der Waals surface area contributed by atoms with Gasteiger partial charge in [-0.25, -0.2) is 9.97 Å². The van der Waals surface area contributed by atoms with Gasteiger partial charge in [0.15, 0.2) is 0 Å². The molecule has 19 heavy (non-hydrogen) atoms. The van der Waals surface area contributed by atoms with Gasteiger partial charge in [0.1, 0.15) is 17.5 Å². The molecule has 4 nitrogen and oxygen atoms in total. The minimum absolute atomic E-state index is 0.744. The number of halogens is 1. The van der Waals surface area contributed by atoms with Crippen molar-refractivity contribution < 1.29 is 0 Å². The number of anilines is 2. The van der Waals surface area contributed by atoms with Crippen molar-refractivity contribution in [2.75, 3.05) is 17.7 Å². The fourth-order valence-electron chi connectivity index (χ4n) is 1.83. The highest BCUT2D eigenvalue weighted by molar-refractivity contribution is 9.10. The Morgan fingerprint density at radius 3 is 2.32 bits per heavy atom. The number of nitrogens with one attached hydrogen (secondary N) is 2. The summed E-state index contributed by atoms with van der Waals surface area (Å²) in [6, 6.07) is 8.24. The van der Waals surface area contributed by atoms with Gasteiger partial charge in [0.2, 0.25) is 0 Å². The first-order valence-electron chi connectivity index (χ1n) is 6.11. The third kappa shape index (κ3) is 3.44. The Hall–Kier alpha value is -1.62. The van der Waals surface area contributed by atoms with Crippen molar-refractivity contribution in [3.63, 3.8) is 0 Å². The van der Waals surface area contributed by atoms with Crippen LogP contribution in [0, 0.1) is 13.8 Å². The van der Waals surface area contributed by atoms with E-state index in [-0.39, 0.29) is 0 Å². The maximum Gasteiger partial charge on any atom is 0.135 e. The lowest BCUT2D eigenvalue weighted by molar-refractivity contribution is 1.00. The maximum atomic E-state index is 4.44. The van der Waals surface area contributed by atoms with Crippen molar-refractivity contribution in [1.82, 2.24) is 9.97 Å². The Labute approximate surface area is 121 Å². The van der Waals surface area contributed by atoms with Crippen molar-refractivity contribution in [1.29, 1.82) is 0 Å². The molecule has 0 atom stereocenters. The van der Waals surface area contributed by atoms with Gasteiger partial charge in [-0.05, 0) is 31.5 Å². The predicted octanol–water partition coefficient (Wildman–Crippen LogP) is 3.51. The third-order valence-electron chi connectivity index (χ3n) is 2.87. The molecule has 1 heterocycles. The second-order valence-electron chi connectivity index (χ2n) is 4.32. The molecule has 1 aromatic carbocycles. The summed E-state index contributed by atoms with van der Waals surface area (Å²) in [5.74, 6) is 2.50. The lowest BCUT2D eigenvalue weighted by atomic mass is 10.2. The van der Waals surface area contributed by atoms with E-state index in [2.05, 4.69) is 48.7 Å². The van der Waals surface area contributed by atoms with Crippen molar-refractivity contribution in [3.05, 3.63) is 45.7 Å². The molecule has 0 saturated heterocycles. The Morgan fingerprint density at radius 2 is 1.68 bits per heavy atom. The molecule has 0 bridgehead atoms. The van der Waals surface area contributed by atoms with Gasteiger partial charge in [0.05, 0.1) is 0 Å². The number of hydrogen-bond donors (Lipinski definition) is 2. The highest BCUT2D eigenvalue weighted by Crippen LogP contribution is 2.20. The maximum absolute atomic E-state index is 4.44. The zero-order valence-electron chi connectivity index (χ0n) is 11.3. The average molecular weight is 321 g/mol. The van der Waals surface area contributed by atoms with Crippen LogP contribution in [0.2, 0.25) is 0 Å². The largest absolute Gasteiger partial charge is 0.373 e. The zero-order chi connectivity index (χ0) is 13.8. The average Bonchev–Trinajstić information content (AvgIpc) is 2.41. The number of aromatic nitrogens is 2. The summed E-state index contributed by atoms with van der Waals surface area (Å²) in [5, 5.41) is 6.44. The summed E-state index contributed by atoms with van der Waals surface area (Å²) < 4.78 is 1.09. The van der Waals surface area contributed by atoms with Crippen LogP contribution in [0.25, 0.3) is 0 Å². The van der Waals surface area contributed by atoms with Gasteiger partial charge >= 0.3 is 0 Å². The molecule has 0 radical (unpaired) electrons. The molecule has 2 aromatic rings. The molecular formula is C14H17BrN4. The van der Waals surface area contributed by atoms with E-state index in [1.165, 1.54) is 5.56 Å². The van der Waals surface area contributed by atoms with E-state index in [1.807, 2.05) is 33.0 Å². The van der Waals surface area contributed by atoms with Crippen LogP contribution >= 0.6 is 15.9 Å². The number of rotatable bonds is 4. The lowest BCUT2D eigenvalue weighted by Crippen LogP contribution is -2.08. The second kappa shape index (κ2) is 6.02. The molecule has 0 unspecified atom stereocenters. The SMILES string of the molecule is CNc1nc(C)nc(NCc2ccc(Br)cc2)c1C. The van der Waals surface area contributed by atoms with Crippen molar-refractivity contribution in [2.24, 2.45) is 0 Å². The standard InChI is InChI=1S/C14H17BrN4/c1-9-13(16-3)18-10(2)19-14(9)17-8-11-4-6-12(15)7-5-11/h4-7H,8H2,1-3H3,(H2,16,17,18,19). The first kappa shape index (κ1) is 13.8. The van der Waals surface area contributed by atoms with Crippen LogP contribution in [-0.2, 0) is 6.54 Å². The van der Waals surface area contributed by atoms with Crippen LogP contribution in [0.15, 0.2) is 28.7 Å². The summed E-state index contributed by atoms with van der Waals surface area (Å²) in [7, 11) is 1.87. The van der Waals surface area contributed by atoms with Crippen molar-refractivity contribution >= 4 is 27.6 Å². The van der Waals surface area contributed by atoms with Crippen LogP contribution in [0.3, 0.4) is 0 Å². The van der Waals surface area contributed by atoms with Crippen LogP contribution in [-0.4, -0.2) is 17.0 Å². The van der Waals surface area contributed by atoms with Crippen molar-refractivity contribution in [2.45, 2.75) is 20.4 Å². The van der Waals surface area contributed by atoms with Gasteiger partial charge in [0.25, 0.3) is 0 Å². The monoisotopic (exact) mass is 320 g/mol. The Kier molecular flexibility index (Phi) is 4.37. The fourth-order valence-corrected chi connectivity index (χ4v) is 2.10. The van der Waals surface area contributed by atoms with Crippen LogP contribution < -0.4 is 10.6 Å². The van der Waals surface area contributed by atoms with Gasteiger partial charge in [-0.15, -0.1) is 0 Å². The Bertz CT molecular complexity index is 566. The minimum atomic E-state index is 0.744. The molecule has 1 aromatic heterocycles. The van der Waals surface area contributed by atoms with E-state index in [9.17, 15) is 0 Å². The quantitative estimate of drug-likeness (QED) is 0.905. The molecule has 5 heteroatoms. The minimum Gasteiger partial charge on any atom is -0.373 e. The molecule has 0 spiro atoms. The third-order valence-corrected chi connectivity index (χ3v) is 3.40. The van der Waals surface area contributed by atoms with Crippen LogP contribution in [0.5, 0.6) is 0 Å². The molecule has 100 valence electrons. The van der Waals surface area contributed by atoms with E-state index in [4.69, 9.17) is 0 Å². The van der Waals surface area contributed by atoms with Gasteiger partial charge in [-0.2, -0.15) is 0 Å². The smallest absolute Gasteiger partial charge is 0.135 e. The zero-order valence-corrected chi connectivity index (χ0v) is 12.9. The number of aryl methyl sites for hydroxylation is 1. The first-order chi connectivity index (χ1) is 9.10. The van der Waals surface area contributed by atoms with E-state index >= 15 is 0 Å². The molecular weight excluding hydrogens is 304 g/mol. The highest BCUT2D eigenvalue weighted by atomic mass is 79.9. The predicted molar refractivity (Wildman–Crippen MR) is 82.5 cm³/mol. The molecule has 0 amide bonds. The van der Waals surface area contributed by atoms with Crippen molar-refractivity contribution in [3.8, 4) is 0 Å². The van der Waals surface area contributed by atoms with Gasteiger partial charge in [-0.1, -0.05) is 28.1 Å². The summed E-state index contributed by atoms with van der Waals surface area (Å²) in [6.45, 7) is 4.65. The summed E-state index contributed by atoms with van der Waals surface area (Å²) in [5.41, 5.74) is 2.25. The molecule has 2 rings (SSSR count). The van der Waals surface area contributed by atoms with Crippen LogP contribution in [0.4, 0.5) is 11.6 Å². The topological polar surface area (TPSA) is 49.8 Å². The van der Waals surface area contributed by atoms with E-state index in [0.717, 1.165) is 34.0 Å². The number of benzene rings is 1. The Morgan fingerprint density at radius 1 is 1.05 bits per heavy atom. The molecule has 2 N–H and O–H groups in total. The second-order valence-corrected chi connectivity index (χ2v) is 5.24. The Balaban J connectivity index is 2.15. The van der Waals surface area contributed by atoms with Crippen LogP contribution in [0.1, 0.15) is 17.0 Å². The number of hydrogen-bond acceptors (Lipinski definition) is 4. The van der Waals surface area contributed by atoms with Gasteiger partial charge < -0.3 is 10.6 Å². The molecule has 0 aliphatic carbocycles. The summed E-state index contributed by atoms with van der Waals surface area (Å²) in [4.78, 5) is 8.79. The number of nitrogens with zero attached hydrogens (tertiary/aromatic N) is 2. The van der Waals surface area contributed by atoms with E-state index < -0.39 is 0 Å². The summed E-state index contributed by atoms with van der Waals surface area (Å²) in [6.07, 6.45) is 0. The fraction of sp³-hybridized carbons (Fsp3) is 0.286. The molecule has 0 saturated carbocycles. The van der Waals surface area contributed by atoms with Gasteiger partial charge in [0, 0.05) is 23.6 Å². The molecule has 0 fully saturated rings. The molecule has 0 aliphatic rings. The van der Waals surface area contributed by atoms with E-state index in [1.54, 1.807) is 0 Å². The van der Waals surface area contributed by atoms with E-state index in [0.29, 0.717) is 0 Å². The lowest BCUT2D eigenvalue weighted by Gasteiger charge is -2.12. The highest BCUT2D eigenvalue weighted by Gasteiger charge is 2.07.